The molecule has 0 radical (unpaired) electrons. The van der Waals surface area contributed by atoms with Gasteiger partial charge in [0, 0.05) is 30.2 Å². The SMILES string of the molecule is Cc1cc(/C=C2\SC(=O)N(CC(=O)N3CCOCC3)C2=O)c(C)n1-c1ccc(Cl)c(C(=O)O)c1. The van der Waals surface area contributed by atoms with Crippen molar-refractivity contribution in [2.24, 2.45) is 0 Å². The third-order valence-corrected chi connectivity index (χ3v) is 6.96. The number of aromatic nitrogens is 1. The Morgan fingerprint density at radius 3 is 2.56 bits per heavy atom. The van der Waals surface area contributed by atoms with Crippen molar-refractivity contribution in [3.63, 3.8) is 0 Å². The van der Waals surface area contributed by atoms with Crippen LogP contribution in [0.3, 0.4) is 0 Å². The van der Waals surface area contributed by atoms with Crippen LogP contribution in [0.2, 0.25) is 5.02 Å². The number of carbonyl (C=O) groups excluding carboxylic acids is 3. The zero-order valence-corrected chi connectivity index (χ0v) is 20.1. The van der Waals surface area contributed by atoms with Crippen LogP contribution in [0.5, 0.6) is 0 Å². The number of ether oxygens (including phenoxy) is 1. The number of carboxylic acids is 1. The van der Waals surface area contributed by atoms with E-state index in [9.17, 15) is 24.3 Å². The molecule has 178 valence electrons. The van der Waals surface area contributed by atoms with Crippen LogP contribution in [-0.2, 0) is 14.3 Å². The summed E-state index contributed by atoms with van der Waals surface area (Å²) in [6.45, 7) is 5.13. The van der Waals surface area contributed by atoms with Gasteiger partial charge in [0.1, 0.15) is 6.54 Å². The highest BCUT2D eigenvalue weighted by Gasteiger charge is 2.37. The first kappa shape index (κ1) is 24.1. The summed E-state index contributed by atoms with van der Waals surface area (Å²) in [5.74, 6) is -1.93. The van der Waals surface area contributed by atoms with Crippen molar-refractivity contribution in [3.8, 4) is 5.69 Å². The molecular weight excluding hydrogens is 482 g/mol. The summed E-state index contributed by atoms with van der Waals surface area (Å²) in [5, 5.41) is 9.03. The van der Waals surface area contributed by atoms with E-state index in [0.29, 0.717) is 37.6 Å². The molecular formula is C23H22ClN3O6S. The molecule has 2 aliphatic heterocycles. The minimum Gasteiger partial charge on any atom is -0.478 e. The molecule has 0 unspecified atom stereocenters. The van der Waals surface area contributed by atoms with Crippen molar-refractivity contribution in [2.45, 2.75) is 13.8 Å². The van der Waals surface area contributed by atoms with E-state index in [0.717, 1.165) is 28.0 Å². The molecule has 1 N–H and O–H groups in total. The number of aromatic carboxylic acids is 1. The molecule has 1 aromatic heterocycles. The third kappa shape index (κ3) is 4.61. The van der Waals surface area contributed by atoms with Crippen molar-refractivity contribution in [1.29, 1.82) is 0 Å². The van der Waals surface area contributed by atoms with E-state index < -0.39 is 17.1 Å². The first-order valence-electron chi connectivity index (χ1n) is 10.5. The zero-order valence-electron chi connectivity index (χ0n) is 18.5. The molecule has 2 saturated heterocycles. The van der Waals surface area contributed by atoms with E-state index in [4.69, 9.17) is 16.3 Å². The van der Waals surface area contributed by atoms with Gasteiger partial charge in [0.05, 0.1) is 28.7 Å². The molecule has 3 amide bonds. The summed E-state index contributed by atoms with van der Waals surface area (Å²) >= 11 is 6.79. The molecule has 2 aromatic rings. The Bertz CT molecular complexity index is 1230. The third-order valence-electron chi connectivity index (χ3n) is 5.73. The lowest BCUT2D eigenvalue weighted by Gasteiger charge is -2.28. The number of rotatable bonds is 5. The van der Waals surface area contributed by atoms with Crippen LogP contribution < -0.4 is 0 Å². The Morgan fingerprint density at radius 1 is 1.18 bits per heavy atom. The lowest BCUT2D eigenvalue weighted by atomic mass is 10.2. The second-order valence-electron chi connectivity index (χ2n) is 7.89. The van der Waals surface area contributed by atoms with Gasteiger partial charge in [-0.25, -0.2) is 4.79 Å². The highest BCUT2D eigenvalue weighted by Crippen LogP contribution is 2.34. The van der Waals surface area contributed by atoms with Gasteiger partial charge in [-0.15, -0.1) is 0 Å². The molecule has 0 aliphatic carbocycles. The summed E-state index contributed by atoms with van der Waals surface area (Å²) < 4.78 is 7.08. The number of hydrogen-bond donors (Lipinski definition) is 1. The number of carbonyl (C=O) groups is 4. The molecule has 3 heterocycles. The minimum atomic E-state index is -1.13. The lowest BCUT2D eigenvalue weighted by molar-refractivity contribution is -0.139. The molecule has 9 nitrogen and oxygen atoms in total. The van der Waals surface area contributed by atoms with Crippen LogP contribution in [0.4, 0.5) is 4.79 Å². The fourth-order valence-electron chi connectivity index (χ4n) is 3.97. The van der Waals surface area contributed by atoms with Gasteiger partial charge in [0.2, 0.25) is 5.91 Å². The fraction of sp³-hybridized carbons (Fsp3) is 0.304. The molecule has 34 heavy (non-hydrogen) atoms. The predicted molar refractivity (Wildman–Crippen MR) is 127 cm³/mol. The number of hydrogen-bond acceptors (Lipinski definition) is 6. The van der Waals surface area contributed by atoms with Gasteiger partial charge in [-0.2, -0.15) is 0 Å². The Morgan fingerprint density at radius 2 is 1.88 bits per heavy atom. The highest BCUT2D eigenvalue weighted by atomic mass is 35.5. The molecule has 4 rings (SSSR count). The van der Waals surface area contributed by atoms with Crippen molar-refractivity contribution < 1.29 is 29.0 Å². The smallest absolute Gasteiger partial charge is 0.337 e. The van der Waals surface area contributed by atoms with E-state index in [1.165, 1.54) is 12.1 Å². The Hall–Kier alpha value is -3.08. The minimum absolute atomic E-state index is 0.0146. The first-order valence-corrected chi connectivity index (χ1v) is 11.7. The molecule has 11 heteroatoms. The van der Waals surface area contributed by atoms with Gasteiger partial charge < -0.3 is 19.3 Å². The van der Waals surface area contributed by atoms with E-state index in [-0.39, 0.29) is 27.9 Å². The van der Waals surface area contributed by atoms with Crippen molar-refractivity contribution >= 4 is 52.5 Å². The number of morpholine rings is 1. The van der Waals surface area contributed by atoms with Crippen molar-refractivity contribution in [3.05, 3.63) is 56.7 Å². The van der Waals surface area contributed by atoms with Crippen LogP contribution >= 0.6 is 23.4 Å². The molecule has 2 fully saturated rings. The van der Waals surface area contributed by atoms with E-state index in [1.54, 1.807) is 17.0 Å². The molecule has 1 aromatic carbocycles. The van der Waals surface area contributed by atoms with Gasteiger partial charge in [-0.1, -0.05) is 11.6 Å². The quantitative estimate of drug-likeness (QED) is 0.623. The number of nitrogens with zero attached hydrogens (tertiary/aromatic N) is 3. The zero-order chi connectivity index (χ0) is 24.6. The van der Waals surface area contributed by atoms with E-state index in [2.05, 4.69) is 0 Å². The second-order valence-corrected chi connectivity index (χ2v) is 9.29. The van der Waals surface area contributed by atoms with Crippen LogP contribution in [0.15, 0.2) is 29.2 Å². The normalized spacial score (nSPS) is 17.7. The summed E-state index contributed by atoms with van der Waals surface area (Å²) in [5.41, 5.74) is 2.87. The maximum absolute atomic E-state index is 12.9. The molecule has 2 aliphatic rings. The number of thioether (sulfide) groups is 1. The molecule has 0 spiro atoms. The van der Waals surface area contributed by atoms with Gasteiger partial charge in [0.15, 0.2) is 0 Å². The Balaban J connectivity index is 1.58. The number of aryl methyl sites for hydroxylation is 1. The summed E-state index contributed by atoms with van der Waals surface area (Å²) in [4.78, 5) is 52.1. The maximum Gasteiger partial charge on any atom is 0.337 e. The summed E-state index contributed by atoms with van der Waals surface area (Å²) in [7, 11) is 0. The largest absolute Gasteiger partial charge is 0.478 e. The van der Waals surface area contributed by atoms with Crippen LogP contribution in [-0.4, -0.2) is 75.3 Å². The monoisotopic (exact) mass is 503 g/mol. The van der Waals surface area contributed by atoms with Crippen LogP contribution in [0.1, 0.15) is 27.3 Å². The molecule has 0 saturated carbocycles. The first-order chi connectivity index (χ1) is 16.2. The number of carboxylic acid groups (broad SMARTS) is 1. The number of amides is 3. The average molecular weight is 504 g/mol. The second kappa shape index (κ2) is 9.65. The van der Waals surface area contributed by atoms with Crippen molar-refractivity contribution in [1.82, 2.24) is 14.4 Å². The summed E-state index contributed by atoms with van der Waals surface area (Å²) in [6, 6.07) is 6.57. The fourth-order valence-corrected chi connectivity index (χ4v) is 5.00. The molecule has 0 atom stereocenters. The number of benzene rings is 1. The standard InChI is InChI=1S/C23H22ClN3O6S/c1-13-9-15(14(2)27(13)16-3-4-18(24)17(11-16)22(30)31)10-19-21(29)26(23(32)34-19)12-20(28)25-5-7-33-8-6-25/h3-4,9-11H,5-8,12H2,1-2H3,(H,30,31)/b19-10-. The molecule has 0 bridgehead atoms. The van der Waals surface area contributed by atoms with Crippen molar-refractivity contribution in [2.75, 3.05) is 32.8 Å². The Kier molecular flexibility index (Phi) is 6.83. The van der Waals surface area contributed by atoms with E-state index in [1.807, 2.05) is 24.5 Å². The topological polar surface area (TPSA) is 109 Å². The lowest BCUT2D eigenvalue weighted by Crippen LogP contribution is -2.46. The predicted octanol–water partition coefficient (Wildman–Crippen LogP) is 3.34. The summed E-state index contributed by atoms with van der Waals surface area (Å²) in [6.07, 6.45) is 1.62. The maximum atomic E-state index is 12.9. The Labute approximate surface area is 204 Å². The average Bonchev–Trinajstić information content (AvgIpc) is 3.23. The van der Waals surface area contributed by atoms with Gasteiger partial charge in [-0.05, 0) is 61.5 Å². The van der Waals surface area contributed by atoms with Crippen LogP contribution in [0, 0.1) is 13.8 Å². The number of imide groups is 1. The highest BCUT2D eigenvalue weighted by molar-refractivity contribution is 8.18. The van der Waals surface area contributed by atoms with E-state index >= 15 is 0 Å². The van der Waals surface area contributed by atoms with Gasteiger partial charge >= 0.3 is 5.97 Å². The van der Waals surface area contributed by atoms with Gasteiger partial charge in [0.25, 0.3) is 11.1 Å². The number of halogens is 1. The van der Waals surface area contributed by atoms with Gasteiger partial charge in [-0.3, -0.25) is 19.3 Å². The van der Waals surface area contributed by atoms with Crippen LogP contribution in [0.25, 0.3) is 11.8 Å².